The second-order valence-corrected chi connectivity index (χ2v) is 4.62. The van der Waals surface area contributed by atoms with Gasteiger partial charge >= 0.3 is 5.97 Å². The molecule has 0 radical (unpaired) electrons. The van der Waals surface area contributed by atoms with Gasteiger partial charge in [-0.15, -0.1) is 0 Å². The van der Waals surface area contributed by atoms with Crippen LogP contribution in [0, 0.1) is 19.7 Å². The van der Waals surface area contributed by atoms with E-state index in [0.717, 1.165) is 17.8 Å². The Labute approximate surface area is 120 Å². The van der Waals surface area contributed by atoms with Crippen molar-refractivity contribution < 1.29 is 19.1 Å². The minimum Gasteiger partial charge on any atom is -0.478 e. The van der Waals surface area contributed by atoms with Gasteiger partial charge in [-0.2, -0.15) is 0 Å². The Morgan fingerprint density at radius 1 is 1.19 bits per heavy atom. The van der Waals surface area contributed by atoms with E-state index in [9.17, 15) is 14.0 Å². The topological polar surface area (TPSA) is 79.3 Å². The number of aryl methyl sites for hydroxylation is 1. The molecule has 2 N–H and O–H groups in total. The SMILES string of the molecule is Cc1cc(NC(=O)c2cncc(F)c2)cc(C(=O)O)c1C. The van der Waals surface area contributed by atoms with Crippen molar-refractivity contribution in [1.29, 1.82) is 0 Å². The lowest BCUT2D eigenvalue weighted by Crippen LogP contribution is -2.14. The van der Waals surface area contributed by atoms with Crippen LogP contribution in [0.3, 0.4) is 0 Å². The molecule has 0 unspecified atom stereocenters. The molecule has 0 aliphatic heterocycles. The summed E-state index contributed by atoms with van der Waals surface area (Å²) >= 11 is 0. The molecule has 21 heavy (non-hydrogen) atoms. The molecule has 0 saturated carbocycles. The Bertz CT molecular complexity index is 729. The van der Waals surface area contributed by atoms with Gasteiger partial charge in [0.2, 0.25) is 0 Å². The van der Waals surface area contributed by atoms with Crippen molar-refractivity contribution >= 4 is 17.6 Å². The van der Waals surface area contributed by atoms with Gasteiger partial charge in [0.05, 0.1) is 17.3 Å². The number of pyridine rings is 1. The first-order valence-electron chi connectivity index (χ1n) is 6.15. The number of nitrogens with one attached hydrogen (secondary N) is 1. The number of carbonyl (C=O) groups excluding carboxylic acids is 1. The lowest BCUT2D eigenvalue weighted by molar-refractivity contribution is 0.0695. The summed E-state index contributed by atoms with van der Waals surface area (Å²) in [6.07, 6.45) is 2.23. The smallest absolute Gasteiger partial charge is 0.336 e. The molecule has 108 valence electrons. The van der Waals surface area contributed by atoms with Gasteiger partial charge in [0.25, 0.3) is 5.91 Å². The number of carboxylic acid groups (broad SMARTS) is 1. The second-order valence-electron chi connectivity index (χ2n) is 4.62. The number of aromatic nitrogens is 1. The van der Waals surface area contributed by atoms with E-state index in [1.165, 1.54) is 12.3 Å². The molecule has 1 amide bonds. The third-order valence-corrected chi connectivity index (χ3v) is 3.12. The highest BCUT2D eigenvalue weighted by molar-refractivity contribution is 6.04. The number of rotatable bonds is 3. The normalized spacial score (nSPS) is 10.2. The Balaban J connectivity index is 2.32. The van der Waals surface area contributed by atoms with Gasteiger partial charge in [0.15, 0.2) is 0 Å². The van der Waals surface area contributed by atoms with Crippen molar-refractivity contribution in [3.63, 3.8) is 0 Å². The van der Waals surface area contributed by atoms with Crippen LogP contribution in [0.15, 0.2) is 30.6 Å². The molecule has 0 spiro atoms. The van der Waals surface area contributed by atoms with E-state index in [4.69, 9.17) is 5.11 Å². The Morgan fingerprint density at radius 3 is 2.52 bits per heavy atom. The second kappa shape index (κ2) is 5.70. The molecule has 5 nitrogen and oxygen atoms in total. The number of benzene rings is 1. The van der Waals surface area contributed by atoms with E-state index in [1.807, 2.05) is 0 Å². The zero-order valence-electron chi connectivity index (χ0n) is 11.5. The fourth-order valence-electron chi connectivity index (χ4n) is 1.89. The predicted molar refractivity (Wildman–Crippen MR) is 75.0 cm³/mol. The third kappa shape index (κ3) is 3.22. The molecule has 1 aromatic carbocycles. The zero-order chi connectivity index (χ0) is 15.6. The summed E-state index contributed by atoms with van der Waals surface area (Å²) < 4.78 is 13.0. The number of anilines is 1. The molecular formula is C15H13FN2O3. The quantitative estimate of drug-likeness (QED) is 0.910. The molecule has 0 fully saturated rings. The van der Waals surface area contributed by atoms with E-state index < -0.39 is 17.7 Å². The van der Waals surface area contributed by atoms with Gasteiger partial charge in [0, 0.05) is 11.9 Å². The number of carbonyl (C=O) groups is 2. The number of hydrogen-bond donors (Lipinski definition) is 2. The molecule has 0 aliphatic carbocycles. The zero-order valence-corrected chi connectivity index (χ0v) is 11.5. The summed E-state index contributed by atoms with van der Waals surface area (Å²) in [6, 6.07) is 4.09. The first kappa shape index (κ1) is 14.6. The summed E-state index contributed by atoms with van der Waals surface area (Å²) in [7, 11) is 0. The average molecular weight is 288 g/mol. The summed E-state index contributed by atoms with van der Waals surface area (Å²) in [5.41, 5.74) is 1.88. The van der Waals surface area contributed by atoms with Gasteiger partial charge in [-0.1, -0.05) is 0 Å². The van der Waals surface area contributed by atoms with Crippen LogP contribution in [-0.4, -0.2) is 22.0 Å². The standard InChI is InChI=1S/C15H13FN2O3/c1-8-3-12(5-13(9(8)2)15(20)21)18-14(19)10-4-11(16)7-17-6-10/h3-7H,1-2H3,(H,18,19)(H,20,21). The fourth-order valence-corrected chi connectivity index (χ4v) is 1.89. The molecule has 0 bridgehead atoms. The Hall–Kier alpha value is -2.76. The maximum absolute atomic E-state index is 13.0. The summed E-state index contributed by atoms with van der Waals surface area (Å²) in [4.78, 5) is 26.7. The highest BCUT2D eigenvalue weighted by Gasteiger charge is 2.13. The van der Waals surface area contributed by atoms with E-state index in [0.29, 0.717) is 11.3 Å². The van der Waals surface area contributed by atoms with Crippen molar-refractivity contribution in [2.45, 2.75) is 13.8 Å². The lowest BCUT2D eigenvalue weighted by Gasteiger charge is -2.10. The highest BCUT2D eigenvalue weighted by atomic mass is 19.1. The summed E-state index contributed by atoms with van der Waals surface area (Å²) in [5, 5.41) is 11.7. The van der Waals surface area contributed by atoms with E-state index >= 15 is 0 Å². The predicted octanol–water partition coefficient (Wildman–Crippen LogP) is 2.79. The van der Waals surface area contributed by atoms with Crippen molar-refractivity contribution in [1.82, 2.24) is 4.98 Å². The van der Waals surface area contributed by atoms with Crippen LogP contribution in [0.2, 0.25) is 0 Å². The monoisotopic (exact) mass is 288 g/mol. The first-order chi connectivity index (χ1) is 9.88. The molecule has 1 heterocycles. The maximum Gasteiger partial charge on any atom is 0.336 e. The number of carboxylic acids is 1. The van der Waals surface area contributed by atoms with E-state index in [1.54, 1.807) is 19.9 Å². The van der Waals surface area contributed by atoms with Gasteiger partial charge < -0.3 is 10.4 Å². The maximum atomic E-state index is 13.0. The number of aromatic carboxylic acids is 1. The largest absolute Gasteiger partial charge is 0.478 e. The molecule has 0 aliphatic rings. The molecule has 0 saturated heterocycles. The number of hydrogen-bond acceptors (Lipinski definition) is 3. The van der Waals surface area contributed by atoms with Crippen molar-refractivity contribution in [2.75, 3.05) is 5.32 Å². The third-order valence-electron chi connectivity index (χ3n) is 3.12. The van der Waals surface area contributed by atoms with E-state index in [2.05, 4.69) is 10.3 Å². The first-order valence-corrected chi connectivity index (χ1v) is 6.15. The van der Waals surface area contributed by atoms with Crippen molar-refractivity contribution in [3.05, 3.63) is 58.7 Å². The van der Waals surface area contributed by atoms with Crippen LogP contribution in [-0.2, 0) is 0 Å². The number of halogens is 1. The van der Waals surface area contributed by atoms with Crippen LogP contribution < -0.4 is 5.32 Å². The Kier molecular flexibility index (Phi) is 3.98. The van der Waals surface area contributed by atoms with Crippen LogP contribution in [0.5, 0.6) is 0 Å². The lowest BCUT2D eigenvalue weighted by atomic mass is 10.0. The van der Waals surface area contributed by atoms with Gasteiger partial charge in [-0.05, 0) is 43.2 Å². The van der Waals surface area contributed by atoms with Gasteiger partial charge in [-0.25, -0.2) is 9.18 Å². The van der Waals surface area contributed by atoms with Crippen LogP contribution >= 0.6 is 0 Å². The highest BCUT2D eigenvalue weighted by Crippen LogP contribution is 2.20. The van der Waals surface area contributed by atoms with Crippen molar-refractivity contribution in [2.24, 2.45) is 0 Å². The average Bonchev–Trinajstić information content (AvgIpc) is 2.42. The fraction of sp³-hybridized carbons (Fsp3) is 0.133. The van der Waals surface area contributed by atoms with Gasteiger partial charge in [-0.3, -0.25) is 9.78 Å². The molecule has 2 rings (SSSR count). The molecule has 0 atom stereocenters. The molecule has 1 aromatic heterocycles. The minimum atomic E-state index is -1.07. The van der Waals surface area contributed by atoms with Gasteiger partial charge in [0.1, 0.15) is 5.82 Å². The van der Waals surface area contributed by atoms with E-state index in [-0.39, 0.29) is 11.1 Å². The van der Waals surface area contributed by atoms with Crippen LogP contribution in [0.25, 0.3) is 0 Å². The minimum absolute atomic E-state index is 0.0603. The molecule has 6 heteroatoms. The Morgan fingerprint density at radius 2 is 1.90 bits per heavy atom. The summed E-state index contributed by atoms with van der Waals surface area (Å²) in [5.74, 6) is -2.24. The van der Waals surface area contributed by atoms with Crippen LogP contribution in [0.4, 0.5) is 10.1 Å². The summed E-state index contributed by atoms with van der Waals surface area (Å²) in [6.45, 7) is 3.45. The molecule has 2 aromatic rings. The van der Waals surface area contributed by atoms with Crippen LogP contribution in [0.1, 0.15) is 31.8 Å². The number of nitrogens with zero attached hydrogens (tertiary/aromatic N) is 1. The molecular weight excluding hydrogens is 275 g/mol. The van der Waals surface area contributed by atoms with Crippen molar-refractivity contribution in [3.8, 4) is 0 Å². The number of amides is 1.